The summed E-state index contributed by atoms with van der Waals surface area (Å²) >= 11 is 3.39. The van der Waals surface area contributed by atoms with E-state index in [-0.39, 0.29) is 13.2 Å². The van der Waals surface area contributed by atoms with Gasteiger partial charge in [0.05, 0.1) is 13.2 Å². The molecular weight excluding hydrogens is 544 g/mol. The number of aliphatic hydroxyl groups excluding tert-OH is 5. The fourth-order valence-electron chi connectivity index (χ4n) is 4.10. The fraction of sp³-hybridized carbons (Fsp3) is 1.00. The van der Waals surface area contributed by atoms with Crippen molar-refractivity contribution in [2.75, 3.05) is 69.6 Å². The average molecular weight is 591 g/mol. The highest BCUT2D eigenvalue weighted by atomic mass is 32.2. The number of aliphatic hydroxyl groups is 5. The Morgan fingerprint density at radius 3 is 1.68 bits per heavy atom. The summed E-state index contributed by atoms with van der Waals surface area (Å²) in [5.74, 6) is 3.35. The first-order valence-corrected chi connectivity index (χ1v) is 15.3. The number of thioether (sulfide) groups is 2. The van der Waals surface area contributed by atoms with Crippen LogP contribution in [-0.4, -0.2) is 157 Å². The van der Waals surface area contributed by atoms with E-state index in [1.165, 1.54) is 7.11 Å². The Hall–Kier alpha value is 0.180. The van der Waals surface area contributed by atoms with Gasteiger partial charge in [-0.1, -0.05) is 0 Å². The number of hydrogen-bond acceptors (Lipinski definition) is 15. The van der Waals surface area contributed by atoms with Crippen LogP contribution >= 0.6 is 23.5 Å². The van der Waals surface area contributed by atoms with E-state index in [9.17, 15) is 25.5 Å². The SMILES string of the molecule is CO[C@H]1O[C@H](CO[C@H]2O[C@H](CO)[C@@H](O)[C@H](O)[C@H]2OCCCSCCN)[C@@H](O)[C@H](O)[C@H]1OCCCSCCN. The molecule has 0 radical (unpaired) electrons. The summed E-state index contributed by atoms with van der Waals surface area (Å²) in [5.41, 5.74) is 11.0. The Kier molecular flexibility index (Phi) is 17.5. The van der Waals surface area contributed by atoms with E-state index in [1.54, 1.807) is 23.5 Å². The van der Waals surface area contributed by atoms with Gasteiger partial charge in [-0.3, -0.25) is 0 Å². The number of rotatable bonds is 19. The third kappa shape index (κ3) is 10.5. The summed E-state index contributed by atoms with van der Waals surface area (Å²) in [6.07, 6.45) is -10.2. The molecule has 2 rings (SSSR count). The lowest BCUT2D eigenvalue weighted by Gasteiger charge is -2.44. The van der Waals surface area contributed by atoms with Gasteiger partial charge < -0.3 is 65.4 Å². The van der Waals surface area contributed by atoms with Gasteiger partial charge in [-0.05, 0) is 24.3 Å². The molecule has 10 atom stereocenters. The summed E-state index contributed by atoms with van der Waals surface area (Å²) in [4.78, 5) is 0. The fourth-order valence-corrected chi connectivity index (χ4v) is 5.48. The molecule has 0 aromatic heterocycles. The quantitative estimate of drug-likeness (QED) is 0.0774. The predicted molar refractivity (Wildman–Crippen MR) is 143 cm³/mol. The second-order valence-corrected chi connectivity index (χ2v) is 11.4. The maximum atomic E-state index is 10.7. The molecular formula is C23H46N2O11S2. The van der Waals surface area contributed by atoms with Crippen molar-refractivity contribution in [1.82, 2.24) is 0 Å². The van der Waals surface area contributed by atoms with Gasteiger partial charge in [0.15, 0.2) is 12.6 Å². The van der Waals surface area contributed by atoms with Gasteiger partial charge in [-0.25, -0.2) is 0 Å². The predicted octanol–water partition coefficient (Wildman–Crippen LogP) is -2.53. The van der Waals surface area contributed by atoms with Crippen molar-refractivity contribution in [3.05, 3.63) is 0 Å². The molecule has 0 saturated carbocycles. The molecule has 0 aromatic carbocycles. The molecule has 2 aliphatic rings. The van der Waals surface area contributed by atoms with E-state index >= 15 is 0 Å². The molecule has 0 amide bonds. The minimum absolute atomic E-state index is 0.252. The van der Waals surface area contributed by atoms with E-state index < -0.39 is 68.0 Å². The minimum Gasteiger partial charge on any atom is -0.394 e. The smallest absolute Gasteiger partial charge is 0.187 e. The topological polar surface area (TPSA) is 209 Å². The zero-order valence-electron chi connectivity index (χ0n) is 21.9. The number of ether oxygens (including phenoxy) is 6. The molecule has 0 unspecified atom stereocenters. The van der Waals surface area contributed by atoms with Crippen molar-refractivity contribution in [3.63, 3.8) is 0 Å². The van der Waals surface area contributed by atoms with Crippen molar-refractivity contribution in [3.8, 4) is 0 Å². The molecule has 38 heavy (non-hydrogen) atoms. The lowest BCUT2D eigenvalue weighted by Crippen LogP contribution is -2.62. The zero-order chi connectivity index (χ0) is 27.9. The lowest BCUT2D eigenvalue weighted by atomic mass is 9.98. The van der Waals surface area contributed by atoms with Crippen LogP contribution in [0.5, 0.6) is 0 Å². The van der Waals surface area contributed by atoms with Crippen LogP contribution in [0, 0.1) is 0 Å². The van der Waals surface area contributed by atoms with Crippen LogP contribution in [-0.2, 0) is 28.4 Å². The van der Waals surface area contributed by atoms with Crippen LogP contribution in [0.25, 0.3) is 0 Å². The number of nitrogens with two attached hydrogens (primary N) is 2. The Labute approximate surface area is 232 Å². The van der Waals surface area contributed by atoms with Crippen molar-refractivity contribution in [1.29, 1.82) is 0 Å². The van der Waals surface area contributed by atoms with Crippen molar-refractivity contribution < 1.29 is 54.0 Å². The van der Waals surface area contributed by atoms with Gasteiger partial charge in [0.2, 0.25) is 0 Å². The van der Waals surface area contributed by atoms with Crippen molar-refractivity contribution in [2.45, 2.75) is 74.3 Å². The summed E-state index contributed by atoms with van der Waals surface area (Å²) in [6.45, 7) is 1.01. The Balaban J connectivity index is 1.92. The molecule has 0 spiro atoms. The highest BCUT2D eigenvalue weighted by molar-refractivity contribution is 7.99. The van der Waals surface area contributed by atoms with Crippen LogP contribution in [0.15, 0.2) is 0 Å². The molecule has 2 saturated heterocycles. The van der Waals surface area contributed by atoms with Gasteiger partial charge in [0.25, 0.3) is 0 Å². The third-order valence-electron chi connectivity index (χ3n) is 6.14. The van der Waals surface area contributed by atoms with Crippen molar-refractivity contribution >= 4 is 23.5 Å². The van der Waals surface area contributed by atoms with Crippen LogP contribution in [0.4, 0.5) is 0 Å². The largest absolute Gasteiger partial charge is 0.394 e. The maximum absolute atomic E-state index is 10.7. The molecule has 2 heterocycles. The van der Waals surface area contributed by atoms with Crippen LogP contribution in [0.3, 0.4) is 0 Å². The first kappa shape index (κ1) is 34.4. The second kappa shape index (κ2) is 19.3. The standard InChI is InChI=1S/C23H46N2O11S2/c1-31-22-20(32-6-2-8-37-10-4-24)19(30)17(28)15(36-22)13-34-23-21(33-7-3-9-38-11-5-25)18(29)16(27)14(12-26)35-23/h14-23,26-30H,2-13,24-25H2,1H3/t14-,15-,16-,17-,18+,19+,20-,21-,22+,23+/m1/s1. The number of methoxy groups -OCH3 is 1. The molecule has 0 aliphatic carbocycles. The molecule has 15 heteroatoms. The Morgan fingerprint density at radius 1 is 0.684 bits per heavy atom. The summed E-state index contributed by atoms with van der Waals surface area (Å²) < 4.78 is 34.2. The zero-order valence-corrected chi connectivity index (χ0v) is 23.5. The van der Waals surface area contributed by atoms with Gasteiger partial charge in [0.1, 0.15) is 48.8 Å². The normalized spacial score (nSPS) is 36.0. The van der Waals surface area contributed by atoms with Gasteiger partial charge >= 0.3 is 0 Å². The van der Waals surface area contributed by atoms with Crippen LogP contribution in [0.2, 0.25) is 0 Å². The third-order valence-corrected chi connectivity index (χ3v) is 8.34. The number of hydrogen-bond donors (Lipinski definition) is 7. The van der Waals surface area contributed by atoms with Gasteiger partial charge in [-0.15, -0.1) is 0 Å². The summed E-state index contributed by atoms with van der Waals surface area (Å²) in [6, 6.07) is 0. The summed E-state index contributed by atoms with van der Waals surface area (Å²) in [5, 5.41) is 51.9. The highest BCUT2D eigenvalue weighted by Gasteiger charge is 2.48. The summed E-state index contributed by atoms with van der Waals surface area (Å²) in [7, 11) is 1.41. The van der Waals surface area contributed by atoms with E-state index in [4.69, 9.17) is 39.9 Å². The van der Waals surface area contributed by atoms with Gasteiger partial charge in [0, 0.05) is 44.9 Å². The molecule has 0 aromatic rings. The molecule has 2 aliphatic heterocycles. The Morgan fingerprint density at radius 2 is 1.18 bits per heavy atom. The van der Waals surface area contributed by atoms with Gasteiger partial charge in [-0.2, -0.15) is 23.5 Å². The minimum atomic E-state index is -1.38. The monoisotopic (exact) mass is 590 g/mol. The van der Waals surface area contributed by atoms with E-state index in [0.717, 1.165) is 29.4 Å². The highest BCUT2D eigenvalue weighted by Crippen LogP contribution is 2.28. The molecule has 9 N–H and O–H groups in total. The van der Waals surface area contributed by atoms with Crippen LogP contribution < -0.4 is 11.5 Å². The van der Waals surface area contributed by atoms with Crippen molar-refractivity contribution in [2.24, 2.45) is 11.5 Å². The second-order valence-electron chi connectivity index (χ2n) is 8.98. The average Bonchev–Trinajstić information content (AvgIpc) is 2.92. The molecule has 226 valence electrons. The lowest BCUT2D eigenvalue weighted by molar-refractivity contribution is -0.335. The first-order valence-electron chi connectivity index (χ1n) is 13.0. The van der Waals surface area contributed by atoms with E-state index in [0.29, 0.717) is 26.1 Å². The van der Waals surface area contributed by atoms with E-state index in [2.05, 4.69) is 0 Å². The molecule has 2 fully saturated rings. The first-order chi connectivity index (χ1) is 18.4. The Bertz CT molecular complexity index is 616. The van der Waals surface area contributed by atoms with Crippen LogP contribution in [0.1, 0.15) is 12.8 Å². The van der Waals surface area contributed by atoms with E-state index in [1.807, 2.05) is 0 Å². The molecule has 13 nitrogen and oxygen atoms in total. The maximum Gasteiger partial charge on any atom is 0.187 e. The molecule has 0 bridgehead atoms.